The van der Waals surface area contributed by atoms with E-state index in [2.05, 4.69) is 0 Å². The molecule has 7 nitrogen and oxygen atoms in total. The average Bonchev–Trinajstić information content (AvgIpc) is 3.23. The van der Waals surface area contributed by atoms with Crippen molar-refractivity contribution in [3.63, 3.8) is 0 Å². The fourth-order valence-electron chi connectivity index (χ4n) is 4.06. The third-order valence-electron chi connectivity index (χ3n) is 6.14. The normalized spacial score (nSPS) is 21.5. The summed E-state index contributed by atoms with van der Waals surface area (Å²) in [7, 11) is -3.98. The van der Waals surface area contributed by atoms with Gasteiger partial charge in [-0.05, 0) is 43.2 Å². The van der Waals surface area contributed by atoms with Crippen LogP contribution in [0.15, 0.2) is 94.7 Å². The van der Waals surface area contributed by atoms with Gasteiger partial charge in [-0.25, -0.2) is 0 Å². The van der Waals surface area contributed by atoms with Crippen LogP contribution < -0.4 is 0 Å². The summed E-state index contributed by atoms with van der Waals surface area (Å²) in [5.74, 6) is 0.539. The zero-order valence-electron chi connectivity index (χ0n) is 21.3. The molecule has 0 radical (unpaired) electrons. The number of benzene rings is 3. The predicted molar refractivity (Wildman–Crippen MR) is 147 cm³/mol. The second kappa shape index (κ2) is 14.2. The van der Waals surface area contributed by atoms with Crippen molar-refractivity contribution in [1.29, 1.82) is 0 Å². The maximum atomic E-state index is 12.6. The molecule has 4 atom stereocenters. The molecule has 38 heavy (non-hydrogen) atoms. The Bertz CT molecular complexity index is 1200. The van der Waals surface area contributed by atoms with Crippen molar-refractivity contribution in [2.75, 3.05) is 25.6 Å². The van der Waals surface area contributed by atoms with E-state index in [0.29, 0.717) is 32.0 Å². The Kier molecular flexibility index (Phi) is 10.8. The number of aryl methyl sites for hydroxylation is 1. The van der Waals surface area contributed by atoms with E-state index in [0.717, 1.165) is 16.0 Å². The molecule has 3 aromatic carbocycles. The van der Waals surface area contributed by atoms with E-state index in [1.807, 2.05) is 67.6 Å². The molecule has 0 aliphatic carbocycles. The first-order chi connectivity index (χ1) is 18.4. The molecule has 0 saturated carbocycles. The van der Waals surface area contributed by atoms with Gasteiger partial charge in [0.15, 0.2) is 0 Å². The molecule has 1 heterocycles. The van der Waals surface area contributed by atoms with Crippen LogP contribution >= 0.6 is 11.8 Å². The van der Waals surface area contributed by atoms with Gasteiger partial charge in [-0.1, -0.05) is 66.2 Å². The first kappa shape index (κ1) is 28.8. The molecule has 0 aromatic heterocycles. The highest BCUT2D eigenvalue weighted by Crippen LogP contribution is 2.30. The molecule has 2 unspecified atom stereocenters. The highest BCUT2D eigenvalue weighted by atomic mass is 32.2. The van der Waals surface area contributed by atoms with Crippen molar-refractivity contribution >= 4 is 21.9 Å². The highest BCUT2D eigenvalue weighted by molar-refractivity contribution is 7.99. The molecule has 1 saturated heterocycles. The van der Waals surface area contributed by atoms with Crippen LogP contribution in [0.4, 0.5) is 0 Å². The standard InChI is InChI=1S/C29H34O7S2/c1-22-13-15-25(16-14-22)38(31,32)35-20-26-28(30)29(27(36-26)21-37-24-11-6-3-7-12-24)34-18-8-17-33-19-23-9-4-2-5-10-23/h2-7,9-16,26-30H,8,17-21H2,1H3/t26-,27+,28?,29?/m0/s1. The molecule has 1 fully saturated rings. The van der Waals surface area contributed by atoms with Crippen molar-refractivity contribution < 1.29 is 31.9 Å². The summed E-state index contributed by atoms with van der Waals surface area (Å²) in [5, 5.41) is 11.0. The molecule has 0 amide bonds. The molecule has 3 aromatic rings. The lowest BCUT2D eigenvalue weighted by atomic mass is 10.1. The monoisotopic (exact) mass is 558 g/mol. The number of ether oxygens (including phenoxy) is 3. The van der Waals surface area contributed by atoms with E-state index < -0.39 is 34.5 Å². The van der Waals surface area contributed by atoms with Gasteiger partial charge in [0, 0.05) is 23.9 Å². The quantitative estimate of drug-likeness (QED) is 0.174. The van der Waals surface area contributed by atoms with Gasteiger partial charge in [0.05, 0.1) is 24.2 Å². The molecule has 204 valence electrons. The van der Waals surface area contributed by atoms with Gasteiger partial charge in [-0.3, -0.25) is 4.18 Å². The fourth-order valence-corrected chi connectivity index (χ4v) is 5.95. The minimum Gasteiger partial charge on any atom is -0.387 e. The van der Waals surface area contributed by atoms with E-state index in [9.17, 15) is 13.5 Å². The van der Waals surface area contributed by atoms with Crippen molar-refractivity contribution in [3.05, 3.63) is 96.1 Å². The SMILES string of the molecule is Cc1ccc(S(=O)(=O)OC[C@@H]2O[C@H](CSc3ccccc3)C(OCCCOCc3ccccc3)C2O)cc1. The highest BCUT2D eigenvalue weighted by Gasteiger charge is 2.45. The largest absolute Gasteiger partial charge is 0.387 e. The van der Waals surface area contributed by atoms with Crippen LogP contribution in [0.1, 0.15) is 17.5 Å². The predicted octanol–water partition coefficient (Wildman–Crippen LogP) is 4.61. The number of hydrogen-bond acceptors (Lipinski definition) is 8. The first-order valence-corrected chi connectivity index (χ1v) is 15.0. The summed E-state index contributed by atoms with van der Waals surface area (Å²) in [6, 6.07) is 26.2. The second-order valence-corrected chi connectivity index (χ2v) is 11.8. The lowest BCUT2D eigenvalue weighted by Crippen LogP contribution is -2.38. The van der Waals surface area contributed by atoms with E-state index in [1.165, 1.54) is 12.1 Å². The van der Waals surface area contributed by atoms with Crippen LogP contribution in [0.5, 0.6) is 0 Å². The van der Waals surface area contributed by atoms with E-state index >= 15 is 0 Å². The second-order valence-electron chi connectivity index (χ2n) is 9.11. The van der Waals surface area contributed by atoms with Gasteiger partial charge in [-0.2, -0.15) is 8.42 Å². The number of rotatable bonds is 14. The first-order valence-electron chi connectivity index (χ1n) is 12.6. The van der Waals surface area contributed by atoms with E-state index in [1.54, 1.807) is 23.9 Å². The Hall–Kier alpha value is -2.24. The van der Waals surface area contributed by atoms with Crippen LogP contribution in [0, 0.1) is 6.92 Å². The number of thioether (sulfide) groups is 1. The zero-order valence-corrected chi connectivity index (χ0v) is 23.0. The zero-order chi connectivity index (χ0) is 26.8. The molecule has 9 heteroatoms. The van der Waals surface area contributed by atoms with Crippen molar-refractivity contribution in [3.8, 4) is 0 Å². The molecular weight excluding hydrogens is 524 g/mol. The number of aliphatic hydroxyl groups is 1. The van der Waals surface area contributed by atoms with Gasteiger partial charge in [0.2, 0.25) is 0 Å². The molecule has 4 rings (SSSR count). The summed E-state index contributed by atoms with van der Waals surface area (Å²) >= 11 is 1.59. The van der Waals surface area contributed by atoms with E-state index in [4.69, 9.17) is 18.4 Å². The maximum absolute atomic E-state index is 12.6. The lowest BCUT2D eigenvalue weighted by Gasteiger charge is -2.21. The van der Waals surface area contributed by atoms with Crippen LogP contribution in [0.3, 0.4) is 0 Å². The molecular formula is C29H34O7S2. The Morgan fingerprint density at radius 2 is 1.58 bits per heavy atom. The lowest BCUT2D eigenvalue weighted by molar-refractivity contribution is -0.0385. The van der Waals surface area contributed by atoms with Crippen molar-refractivity contribution in [1.82, 2.24) is 0 Å². The van der Waals surface area contributed by atoms with Gasteiger partial charge in [-0.15, -0.1) is 11.8 Å². The van der Waals surface area contributed by atoms with E-state index in [-0.39, 0.29) is 11.5 Å². The van der Waals surface area contributed by atoms with Gasteiger partial charge in [0.1, 0.15) is 18.3 Å². The minimum atomic E-state index is -3.98. The van der Waals surface area contributed by atoms with Crippen molar-refractivity contribution in [2.24, 2.45) is 0 Å². The number of hydrogen-bond donors (Lipinski definition) is 1. The number of aliphatic hydroxyl groups excluding tert-OH is 1. The van der Waals surface area contributed by atoms with Gasteiger partial charge in [0.25, 0.3) is 10.1 Å². The molecule has 0 bridgehead atoms. The Morgan fingerprint density at radius 1 is 0.895 bits per heavy atom. The van der Waals surface area contributed by atoms with Crippen LogP contribution in [-0.4, -0.2) is 63.5 Å². The molecule has 1 aliphatic heterocycles. The van der Waals surface area contributed by atoms with Crippen molar-refractivity contribution in [2.45, 2.75) is 54.2 Å². The van der Waals surface area contributed by atoms with Crippen LogP contribution in [0.2, 0.25) is 0 Å². The summed E-state index contributed by atoms with van der Waals surface area (Å²) in [4.78, 5) is 1.13. The fraction of sp³-hybridized carbons (Fsp3) is 0.379. The molecule has 0 spiro atoms. The van der Waals surface area contributed by atoms with Gasteiger partial charge >= 0.3 is 0 Å². The third-order valence-corrected chi connectivity index (χ3v) is 8.54. The summed E-state index contributed by atoms with van der Waals surface area (Å²) in [6.07, 6.45) is -2.27. The smallest absolute Gasteiger partial charge is 0.297 e. The van der Waals surface area contributed by atoms with Crippen LogP contribution in [0.25, 0.3) is 0 Å². The molecule has 1 aliphatic rings. The summed E-state index contributed by atoms with van der Waals surface area (Å²) in [6.45, 7) is 3.00. The Balaban J connectivity index is 1.31. The maximum Gasteiger partial charge on any atom is 0.297 e. The third kappa shape index (κ3) is 8.38. The Morgan fingerprint density at radius 3 is 2.29 bits per heavy atom. The minimum absolute atomic E-state index is 0.0649. The van der Waals surface area contributed by atoms with Crippen LogP contribution in [-0.2, 0) is 35.1 Å². The summed E-state index contributed by atoms with van der Waals surface area (Å²) < 4.78 is 48.4. The summed E-state index contributed by atoms with van der Waals surface area (Å²) in [5.41, 5.74) is 2.05. The Labute approximate surface area is 229 Å². The van der Waals surface area contributed by atoms with Gasteiger partial charge < -0.3 is 19.3 Å². The molecule has 1 N–H and O–H groups in total. The average molecular weight is 559 g/mol. The topological polar surface area (TPSA) is 91.3 Å².